The Balaban J connectivity index is 0.959. The molecular formula is C90H64N8. The van der Waals surface area contributed by atoms with Gasteiger partial charge >= 0.3 is 0 Å². The number of fused-ring (bicyclic) bond motifs is 6. The number of hydrogen-bond donors (Lipinski definition) is 0. The summed E-state index contributed by atoms with van der Waals surface area (Å²) in [5, 5.41) is 35.2. The summed E-state index contributed by atoms with van der Waals surface area (Å²) in [6.45, 7) is 8.56. The van der Waals surface area contributed by atoms with Gasteiger partial charge in [-0.05, 0) is 195 Å². The molecule has 0 aliphatic heterocycles. The minimum absolute atomic E-state index is 0.0591. The van der Waals surface area contributed by atoms with Crippen molar-refractivity contribution >= 4 is 49.7 Å². The fourth-order valence-electron chi connectivity index (χ4n) is 15.1. The monoisotopic (exact) mass is 1260 g/mol. The van der Waals surface area contributed by atoms with Crippen LogP contribution in [0, 0.1) is 57.2 Å². The SMILES string of the molecule is C/C=C1/C(/C=C/c2nc(-c3cc(-n4c5ccc(-c6ccccc6)cc5c5cc(-c6ccccc6)ccc54)ccc3-c3ccc(C#N)cc3)nc(-c3cc(-n4c5ccc(-c6ccccc6)cc5c5cc(-c6ccccc6)ccc54)ccc3-c3ccc(C#N)cc3)n2)[C@@](C)([C@@H](C)C#N)[C@H]1C. The van der Waals surface area contributed by atoms with E-state index in [0.717, 1.165) is 133 Å². The van der Waals surface area contributed by atoms with Crippen molar-refractivity contribution in [3.05, 3.63) is 314 Å². The predicted octanol–water partition coefficient (Wildman–Crippen LogP) is 22.5. The summed E-state index contributed by atoms with van der Waals surface area (Å²) in [5.74, 6) is 1.20. The Morgan fingerprint density at radius 1 is 0.398 bits per heavy atom. The minimum Gasteiger partial charge on any atom is -0.309 e. The summed E-state index contributed by atoms with van der Waals surface area (Å²) in [6, 6.07) is 105. The summed E-state index contributed by atoms with van der Waals surface area (Å²) in [7, 11) is 0. The first-order chi connectivity index (χ1) is 48.1. The molecule has 1 aliphatic rings. The van der Waals surface area contributed by atoms with E-state index < -0.39 is 0 Å². The Labute approximate surface area is 569 Å². The van der Waals surface area contributed by atoms with Gasteiger partial charge in [0.25, 0.3) is 0 Å². The Morgan fingerprint density at radius 3 is 1.07 bits per heavy atom. The number of nitrogens with zero attached hydrogens (tertiary/aromatic N) is 8. The third-order valence-electron chi connectivity index (χ3n) is 20.6. The number of benzene rings is 12. The molecule has 8 nitrogen and oxygen atoms in total. The molecule has 0 radical (unpaired) electrons. The molecule has 464 valence electrons. The lowest BCUT2D eigenvalue weighted by Gasteiger charge is -2.56. The van der Waals surface area contributed by atoms with Gasteiger partial charge in [0, 0.05) is 50.0 Å². The lowest BCUT2D eigenvalue weighted by Crippen LogP contribution is -2.51. The van der Waals surface area contributed by atoms with Gasteiger partial charge in [0.15, 0.2) is 17.5 Å². The highest BCUT2D eigenvalue weighted by molar-refractivity contribution is 6.13. The molecule has 12 aromatic carbocycles. The number of rotatable bonds is 13. The first kappa shape index (κ1) is 60.2. The van der Waals surface area contributed by atoms with Gasteiger partial charge in [-0.1, -0.05) is 214 Å². The first-order valence-electron chi connectivity index (χ1n) is 33.3. The molecule has 1 saturated carbocycles. The van der Waals surface area contributed by atoms with Crippen LogP contribution in [0.2, 0.25) is 0 Å². The van der Waals surface area contributed by atoms with E-state index in [1.54, 1.807) is 0 Å². The van der Waals surface area contributed by atoms with E-state index in [0.29, 0.717) is 28.6 Å². The maximum Gasteiger partial charge on any atom is 0.164 e. The molecule has 0 N–H and O–H groups in total. The van der Waals surface area contributed by atoms with Crippen molar-refractivity contribution in [3.8, 4) is 119 Å². The Morgan fingerprint density at radius 2 is 0.745 bits per heavy atom. The van der Waals surface area contributed by atoms with Crippen LogP contribution in [0.5, 0.6) is 0 Å². The Kier molecular flexibility index (Phi) is 15.2. The molecule has 1 unspecified atom stereocenters. The minimum atomic E-state index is -0.349. The molecule has 1 fully saturated rings. The average molecular weight is 1260 g/mol. The maximum absolute atomic E-state index is 10.5. The van der Waals surface area contributed by atoms with E-state index in [2.05, 4.69) is 291 Å². The number of aromatic nitrogens is 5. The van der Waals surface area contributed by atoms with Crippen molar-refractivity contribution in [1.82, 2.24) is 24.1 Å². The highest BCUT2D eigenvalue weighted by Gasteiger charge is 2.54. The van der Waals surface area contributed by atoms with Crippen LogP contribution in [-0.4, -0.2) is 24.1 Å². The topological polar surface area (TPSA) is 120 Å². The van der Waals surface area contributed by atoms with Crippen LogP contribution in [0.1, 0.15) is 44.6 Å². The number of allylic oxidation sites excluding steroid dienone is 3. The quantitative estimate of drug-likeness (QED) is 0.106. The molecule has 15 aromatic rings. The summed E-state index contributed by atoms with van der Waals surface area (Å²) in [5.41, 5.74) is 21.9. The van der Waals surface area contributed by atoms with Gasteiger partial charge in [-0.3, -0.25) is 0 Å². The second kappa shape index (κ2) is 24.8. The van der Waals surface area contributed by atoms with Crippen molar-refractivity contribution < 1.29 is 0 Å². The van der Waals surface area contributed by atoms with E-state index >= 15 is 0 Å². The van der Waals surface area contributed by atoms with Crippen LogP contribution in [0.25, 0.3) is 151 Å². The van der Waals surface area contributed by atoms with Gasteiger partial charge < -0.3 is 9.13 Å². The number of hydrogen-bond acceptors (Lipinski definition) is 6. The molecule has 3 aromatic heterocycles. The highest BCUT2D eigenvalue weighted by atomic mass is 15.0. The molecule has 1 aliphatic carbocycles. The zero-order valence-corrected chi connectivity index (χ0v) is 54.6. The van der Waals surface area contributed by atoms with Gasteiger partial charge in [0.2, 0.25) is 0 Å². The van der Waals surface area contributed by atoms with Crippen LogP contribution in [0.15, 0.2) is 297 Å². The van der Waals surface area contributed by atoms with E-state index in [9.17, 15) is 15.8 Å². The van der Waals surface area contributed by atoms with E-state index in [1.807, 2.05) is 61.5 Å². The molecule has 4 atom stereocenters. The summed E-state index contributed by atoms with van der Waals surface area (Å²) < 4.78 is 4.70. The zero-order chi connectivity index (χ0) is 66.6. The lowest BCUT2D eigenvalue weighted by atomic mass is 9.47. The van der Waals surface area contributed by atoms with Crippen LogP contribution in [0.3, 0.4) is 0 Å². The predicted molar refractivity (Wildman–Crippen MR) is 400 cm³/mol. The molecule has 16 rings (SSSR count). The largest absolute Gasteiger partial charge is 0.309 e. The van der Waals surface area contributed by atoms with Gasteiger partial charge in [0.1, 0.15) is 0 Å². The third kappa shape index (κ3) is 10.4. The summed E-state index contributed by atoms with van der Waals surface area (Å²) >= 11 is 0. The average Bonchev–Trinajstić information content (AvgIpc) is 1.13. The standard InChI is InChI=1S/C90H64N8/c1-5-73-58(3)90(4,57(2)54-91)82(73)42-47-87-94-88(80-52-71(38-40-74(80)65-30-26-59(55-92)27-31-65)97-83-43-34-67(61-18-10-6-11-19-61)48-76(83)77-49-68(35-44-84(77)97)62-20-12-7-13-21-62)96-89(95-87)81-53-72(39-41-75(81)66-32-28-60(56-93)29-33-66)98-85-45-36-69(63-22-14-8-15-23-63)50-78(85)79-51-70(37-46-86(79)98)64-24-16-9-17-25-64/h5-53,57-58,82H,1-4H3/b47-42+,73-5+/t57-,58-,82?,90-/m0/s1. The van der Waals surface area contributed by atoms with Crippen molar-refractivity contribution in [2.45, 2.75) is 27.7 Å². The smallest absolute Gasteiger partial charge is 0.164 e. The fraction of sp³-hybridized carbons (Fsp3) is 0.0889. The van der Waals surface area contributed by atoms with E-state index in [4.69, 9.17) is 15.0 Å². The maximum atomic E-state index is 10.5. The van der Waals surface area contributed by atoms with Crippen molar-refractivity contribution in [1.29, 1.82) is 15.8 Å². The van der Waals surface area contributed by atoms with Gasteiger partial charge in [-0.2, -0.15) is 15.8 Å². The highest BCUT2D eigenvalue weighted by Crippen LogP contribution is 2.60. The van der Waals surface area contributed by atoms with E-state index in [-0.39, 0.29) is 23.2 Å². The zero-order valence-electron chi connectivity index (χ0n) is 54.6. The Bertz CT molecular complexity index is 5310. The third-order valence-corrected chi connectivity index (χ3v) is 20.6. The van der Waals surface area contributed by atoms with Crippen LogP contribution < -0.4 is 0 Å². The molecule has 8 heteroatoms. The molecule has 0 amide bonds. The van der Waals surface area contributed by atoms with Crippen LogP contribution in [0.4, 0.5) is 0 Å². The molecular weight excluding hydrogens is 1190 g/mol. The second-order valence-corrected chi connectivity index (χ2v) is 25.8. The van der Waals surface area contributed by atoms with Crippen LogP contribution in [-0.2, 0) is 0 Å². The lowest BCUT2D eigenvalue weighted by molar-refractivity contribution is 0.0448. The molecule has 0 spiro atoms. The van der Waals surface area contributed by atoms with Crippen LogP contribution >= 0.6 is 0 Å². The molecule has 0 bridgehead atoms. The van der Waals surface area contributed by atoms with Crippen molar-refractivity contribution in [2.75, 3.05) is 0 Å². The second-order valence-electron chi connectivity index (χ2n) is 25.8. The number of nitriles is 3. The van der Waals surface area contributed by atoms with E-state index in [1.165, 1.54) is 5.57 Å². The van der Waals surface area contributed by atoms with Crippen molar-refractivity contribution in [2.24, 2.45) is 23.2 Å². The normalized spacial score (nSPS) is 15.9. The summed E-state index contributed by atoms with van der Waals surface area (Å²) in [6.07, 6.45) is 6.41. The van der Waals surface area contributed by atoms with Gasteiger partial charge in [-0.25, -0.2) is 15.0 Å². The van der Waals surface area contributed by atoms with Gasteiger partial charge in [0.05, 0.1) is 57.3 Å². The molecule has 0 saturated heterocycles. The molecule has 3 heterocycles. The summed E-state index contributed by atoms with van der Waals surface area (Å²) in [4.78, 5) is 16.8. The van der Waals surface area contributed by atoms with Gasteiger partial charge in [-0.15, -0.1) is 0 Å². The first-order valence-corrected chi connectivity index (χ1v) is 33.3. The molecule has 98 heavy (non-hydrogen) atoms. The van der Waals surface area contributed by atoms with Crippen molar-refractivity contribution in [3.63, 3.8) is 0 Å². The fourth-order valence-corrected chi connectivity index (χ4v) is 15.1. The Hall–Kier alpha value is -12.8.